The van der Waals surface area contributed by atoms with Crippen LogP contribution in [0.15, 0.2) is 0 Å². The van der Waals surface area contributed by atoms with E-state index in [1.165, 1.54) is 0 Å². The van der Waals surface area contributed by atoms with Gasteiger partial charge in [0.15, 0.2) is 0 Å². The summed E-state index contributed by atoms with van der Waals surface area (Å²) in [5.41, 5.74) is 5.80. The zero-order chi connectivity index (χ0) is 12.1. The maximum absolute atomic E-state index is 11.7. The van der Waals surface area contributed by atoms with Crippen molar-refractivity contribution in [3.8, 4) is 0 Å². The van der Waals surface area contributed by atoms with Crippen molar-refractivity contribution in [2.24, 2.45) is 17.6 Å². The van der Waals surface area contributed by atoms with Crippen molar-refractivity contribution < 1.29 is 14.7 Å². The number of carbonyl (C=O) groups is 2. The van der Waals surface area contributed by atoms with Crippen LogP contribution in [0.25, 0.3) is 0 Å². The number of carboxylic acids is 1. The van der Waals surface area contributed by atoms with Crippen LogP contribution in [0.2, 0.25) is 0 Å². The molecule has 1 fully saturated rings. The SMILES string of the molecule is CC(CCNC(=O)C1CCCC1N)C(=O)O. The molecule has 3 unspecified atom stereocenters. The van der Waals surface area contributed by atoms with Crippen LogP contribution < -0.4 is 11.1 Å². The summed E-state index contributed by atoms with van der Waals surface area (Å²) in [6.07, 6.45) is 3.22. The molecule has 0 aliphatic heterocycles. The monoisotopic (exact) mass is 228 g/mol. The lowest BCUT2D eigenvalue weighted by molar-refractivity contribution is -0.141. The third kappa shape index (κ3) is 3.48. The zero-order valence-corrected chi connectivity index (χ0v) is 9.61. The molecule has 0 spiro atoms. The van der Waals surface area contributed by atoms with Gasteiger partial charge in [-0.1, -0.05) is 13.3 Å². The number of rotatable bonds is 5. The molecule has 0 heterocycles. The molecule has 16 heavy (non-hydrogen) atoms. The lowest BCUT2D eigenvalue weighted by atomic mass is 10.0. The predicted molar refractivity (Wildman–Crippen MR) is 59.7 cm³/mol. The molecule has 3 atom stereocenters. The van der Waals surface area contributed by atoms with Crippen LogP contribution in [0.5, 0.6) is 0 Å². The number of amides is 1. The first-order valence-corrected chi connectivity index (χ1v) is 5.78. The molecule has 5 heteroatoms. The summed E-state index contributed by atoms with van der Waals surface area (Å²) in [6, 6.07) is -0.0307. The van der Waals surface area contributed by atoms with Gasteiger partial charge in [0, 0.05) is 12.6 Å². The summed E-state index contributed by atoms with van der Waals surface area (Å²) in [4.78, 5) is 22.2. The van der Waals surface area contributed by atoms with Crippen LogP contribution in [-0.2, 0) is 9.59 Å². The van der Waals surface area contributed by atoms with Gasteiger partial charge in [0.2, 0.25) is 5.91 Å². The first-order valence-electron chi connectivity index (χ1n) is 5.78. The van der Waals surface area contributed by atoms with Crippen LogP contribution in [-0.4, -0.2) is 29.6 Å². The fourth-order valence-electron chi connectivity index (χ4n) is 1.98. The van der Waals surface area contributed by atoms with E-state index in [9.17, 15) is 9.59 Å². The third-order valence-electron chi connectivity index (χ3n) is 3.20. The summed E-state index contributed by atoms with van der Waals surface area (Å²) in [5, 5.41) is 11.4. The number of nitrogens with two attached hydrogens (primary N) is 1. The van der Waals surface area contributed by atoms with Crippen LogP contribution in [0.3, 0.4) is 0 Å². The summed E-state index contributed by atoms with van der Waals surface area (Å²) in [6.45, 7) is 2.05. The molecule has 1 saturated carbocycles. The predicted octanol–water partition coefficient (Wildman–Crippen LogP) is 0.341. The Morgan fingerprint density at radius 2 is 2.19 bits per heavy atom. The van der Waals surface area contributed by atoms with Gasteiger partial charge in [0.1, 0.15) is 0 Å². The number of carboxylic acid groups (broad SMARTS) is 1. The van der Waals surface area contributed by atoms with Gasteiger partial charge in [0.05, 0.1) is 11.8 Å². The fourth-order valence-corrected chi connectivity index (χ4v) is 1.98. The van der Waals surface area contributed by atoms with Crippen molar-refractivity contribution in [2.45, 2.75) is 38.6 Å². The van der Waals surface area contributed by atoms with E-state index >= 15 is 0 Å². The van der Waals surface area contributed by atoms with Crippen LogP contribution in [0, 0.1) is 11.8 Å². The highest BCUT2D eigenvalue weighted by atomic mass is 16.4. The quantitative estimate of drug-likeness (QED) is 0.632. The molecule has 92 valence electrons. The smallest absolute Gasteiger partial charge is 0.306 e. The molecule has 0 aromatic heterocycles. The van der Waals surface area contributed by atoms with Crippen LogP contribution >= 0.6 is 0 Å². The molecule has 0 radical (unpaired) electrons. The summed E-state index contributed by atoms with van der Waals surface area (Å²) >= 11 is 0. The highest BCUT2D eigenvalue weighted by molar-refractivity contribution is 5.79. The number of nitrogens with one attached hydrogen (secondary N) is 1. The number of hydrogen-bond acceptors (Lipinski definition) is 3. The molecule has 0 bridgehead atoms. The van der Waals surface area contributed by atoms with E-state index in [4.69, 9.17) is 10.8 Å². The molecule has 5 nitrogen and oxygen atoms in total. The maximum atomic E-state index is 11.7. The van der Waals surface area contributed by atoms with E-state index < -0.39 is 11.9 Å². The number of carbonyl (C=O) groups excluding carboxylic acids is 1. The van der Waals surface area contributed by atoms with Crippen molar-refractivity contribution in [1.29, 1.82) is 0 Å². The number of aliphatic carboxylic acids is 1. The zero-order valence-electron chi connectivity index (χ0n) is 9.61. The molecule has 1 aliphatic rings. The minimum atomic E-state index is -0.827. The van der Waals surface area contributed by atoms with Crippen molar-refractivity contribution in [3.05, 3.63) is 0 Å². The lowest BCUT2D eigenvalue weighted by Crippen LogP contribution is -2.39. The molecule has 0 aromatic rings. The van der Waals surface area contributed by atoms with Gasteiger partial charge in [-0.05, 0) is 19.3 Å². The first-order chi connectivity index (χ1) is 7.52. The molecular formula is C11H20N2O3. The van der Waals surface area contributed by atoms with Crippen molar-refractivity contribution in [1.82, 2.24) is 5.32 Å². The van der Waals surface area contributed by atoms with Gasteiger partial charge >= 0.3 is 5.97 Å². The van der Waals surface area contributed by atoms with Crippen LogP contribution in [0.4, 0.5) is 0 Å². The lowest BCUT2D eigenvalue weighted by Gasteiger charge is -2.15. The van der Waals surface area contributed by atoms with Gasteiger partial charge in [-0.2, -0.15) is 0 Å². The standard InChI is InChI=1S/C11H20N2O3/c1-7(11(15)16)5-6-13-10(14)8-3-2-4-9(8)12/h7-9H,2-6,12H2,1H3,(H,13,14)(H,15,16). The maximum Gasteiger partial charge on any atom is 0.306 e. The Morgan fingerprint density at radius 1 is 1.50 bits per heavy atom. The van der Waals surface area contributed by atoms with E-state index in [1.54, 1.807) is 6.92 Å². The molecule has 1 rings (SSSR count). The molecule has 0 aromatic carbocycles. The largest absolute Gasteiger partial charge is 0.481 e. The van der Waals surface area contributed by atoms with Gasteiger partial charge in [-0.15, -0.1) is 0 Å². The second-order valence-corrected chi connectivity index (χ2v) is 4.52. The average Bonchev–Trinajstić information content (AvgIpc) is 2.64. The van der Waals surface area contributed by atoms with Crippen molar-refractivity contribution in [3.63, 3.8) is 0 Å². The van der Waals surface area contributed by atoms with E-state index in [0.29, 0.717) is 13.0 Å². The minimum absolute atomic E-state index is 0.0254. The minimum Gasteiger partial charge on any atom is -0.481 e. The second-order valence-electron chi connectivity index (χ2n) is 4.52. The molecule has 1 amide bonds. The highest BCUT2D eigenvalue weighted by Gasteiger charge is 2.29. The van der Waals surface area contributed by atoms with Gasteiger partial charge in [0.25, 0.3) is 0 Å². The van der Waals surface area contributed by atoms with E-state index in [1.807, 2.05) is 0 Å². The molecule has 0 saturated heterocycles. The Hall–Kier alpha value is -1.10. The summed E-state index contributed by atoms with van der Waals surface area (Å²) < 4.78 is 0. The Labute approximate surface area is 95.4 Å². The van der Waals surface area contributed by atoms with E-state index in [-0.39, 0.29) is 17.9 Å². The Kier molecular flexibility index (Phi) is 4.73. The second kappa shape index (κ2) is 5.84. The van der Waals surface area contributed by atoms with Gasteiger partial charge in [-0.3, -0.25) is 9.59 Å². The number of hydrogen-bond donors (Lipinski definition) is 3. The van der Waals surface area contributed by atoms with Crippen molar-refractivity contribution in [2.75, 3.05) is 6.54 Å². The van der Waals surface area contributed by atoms with E-state index in [0.717, 1.165) is 19.3 Å². The third-order valence-corrected chi connectivity index (χ3v) is 3.20. The van der Waals surface area contributed by atoms with Crippen LogP contribution in [0.1, 0.15) is 32.6 Å². The molecular weight excluding hydrogens is 208 g/mol. The summed E-state index contributed by atoms with van der Waals surface area (Å²) in [5.74, 6) is -1.35. The van der Waals surface area contributed by atoms with E-state index in [2.05, 4.69) is 5.32 Å². The highest BCUT2D eigenvalue weighted by Crippen LogP contribution is 2.23. The fraction of sp³-hybridized carbons (Fsp3) is 0.818. The average molecular weight is 228 g/mol. The summed E-state index contributed by atoms with van der Waals surface area (Å²) in [7, 11) is 0. The normalized spacial score (nSPS) is 26.4. The Bertz CT molecular complexity index is 268. The molecule has 1 aliphatic carbocycles. The topological polar surface area (TPSA) is 92.4 Å². The van der Waals surface area contributed by atoms with Gasteiger partial charge in [-0.25, -0.2) is 0 Å². The Balaban J connectivity index is 2.22. The van der Waals surface area contributed by atoms with Crippen molar-refractivity contribution >= 4 is 11.9 Å². The van der Waals surface area contributed by atoms with Gasteiger partial charge < -0.3 is 16.2 Å². The molecule has 4 N–H and O–H groups in total. The first kappa shape index (κ1) is 13.0. The Morgan fingerprint density at radius 3 is 2.69 bits per heavy atom.